The summed E-state index contributed by atoms with van der Waals surface area (Å²) in [5.41, 5.74) is 1.84. The van der Waals surface area contributed by atoms with Gasteiger partial charge in [-0.05, 0) is 12.0 Å². The molecule has 0 spiro atoms. The minimum absolute atomic E-state index is 0.0148. The van der Waals surface area contributed by atoms with Crippen LogP contribution in [0.5, 0.6) is 0 Å². The van der Waals surface area contributed by atoms with E-state index in [2.05, 4.69) is 19.9 Å². The van der Waals surface area contributed by atoms with Gasteiger partial charge in [-0.25, -0.2) is 9.97 Å². The second-order valence-electron chi connectivity index (χ2n) is 5.56. The lowest BCUT2D eigenvalue weighted by atomic mass is 10.1. The quantitative estimate of drug-likeness (QED) is 0.318. The molecule has 8 nitrogen and oxygen atoms in total. The molecule has 0 aliphatic rings. The van der Waals surface area contributed by atoms with Gasteiger partial charge in [0.2, 0.25) is 0 Å². The van der Waals surface area contributed by atoms with Gasteiger partial charge in [-0.15, -0.1) is 0 Å². The predicted molar refractivity (Wildman–Crippen MR) is 91.3 cm³/mol. The molecule has 0 radical (unpaired) electrons. The van der Waals surface area contributed by atoms with Gasteiger partial charge in [0.1, 0.15) is 5.82 Å². The first-order valence-electron chi connectivity index (χ1n) is 7.29. The Morgan fingerprint density at radius 3 is 2.75 bits per heavy atom. The Hall–Kier alpha value is -2.68. The standard InChI is InChI=1S/C15H15N5O3S/c1-8(2)11-6-14(21)19-15(18-11)24-7-13-16-10-4-3-9(20(22)23)5-12(10)17-13/h3-6,8H,7H2,1-2H3,(H,16,17)(H,18,19,21). The molecule has 0 aliphatic carbocycles. The molecule has 0 saturated heterocycles. The van der Waals surface area contributed by atoms with Crippen molar-refractivity contribution in [3.05, 3.63) is 56.3 Å². The minimum atomic E-state index is -0.444. The number of rotatable bonds is 5. The van der Waals surface area contributed by atoms with E-state index in [0.29, 0.717) is 27.8 Å². The molecule has 1 aromatic carbocycles. The molecule has 124 valence electrons. The predicted octanol–water partition coefficient (Wildman–Crippen LogP) is 2.97. The summed E-state index contributed by atoms with van der Waals surface area (Å²) in [6, 6.07) is 5.98. The average Bonchev–Trinajstić information content (AvgIpc) is 2.94. The number of nitrogens with zero attached hydrogens (tertiary/aromatic N) is 3. The number of thioether (sulfide) groups is 1. The van der Waals surface area contributed by atoms with E-state index in [4.69, 9.17) is 0 Å². The number of nitrogens with one attached hydrogen (secondary N) is 2. The normalized spacial score (nSPS) is 11.3. The summed E-state index contributed by atoms with van der Waals surface area (Å²) in [6.45, 7) is 3.95. The number of H-pyrrole nitrogens is 2. The van der Waals surface area contributed by atoms with Gasteiger partial charge in [-0.1, -0.05) is 25.6 Å². The summed E-state index contributed by atoms with van der Waals surface area (Å²) in [5.74, 6) is 1.29. The molecule has 2 N–H and O–H groups in total. The van der Waals surface area contributed by atoms with Gasteiger partial charge in [-0.2, -0.15) is 0 Å². The van der Waals surface area contributed by atoms with Gasteiger partial charge < -0.3 is 9.97 Å². The first-order valence-corrected chi connectivity index (χ1v) is 8.28. The van der Waals surface area contributed by atoms with Gasteiger partial charge in [0.05, 0.1) is 27.4 Å². The number of nitro benzene ring substituents is 1. The highest BCUT2D eigenvalue weighted by Gasteiger charge is 2.11. The van der Waals surface area contributed by atoms with Crippen LogP contribution in [0.3, 0.4) is 0 Å². The van der Waals surface area contributed by atoms with Crippen LogP contribution in [0.15, 0.2) is 34.2 Å². The molecule has 0 amide bonds. The maximum atomic E-state index is 11.7. The summed E-state index contributed by atoms with van der Waals surface area (Å²) in [7, 11) is 0. The number of hydrogen-bond acceptors (Lipinski definition) is 6. The maximum absolute atomic E-state index is 11.7. The summed E-state index contributed by atoms with van der Waals surface area (Å²) < 4.78 is 0. The van der Waals surface area contributed by atoms with Crippen molar-refractivity contribution in [2.24, 2.45) is 0 Å². The van der Waals surface area contributed by atoms with E-state index in [-0.39, 0.29) is 17.2 Å². The number of aromatic nitrogens is 4. The first kappa shape index (κ1) is 16.2. The fourth-order valence-electron chi connectivity index (χ4n) is 2.19. The second-order valence-corrected chi connectivity index (χ2v) is 6.52. The number of benzene rings is 1. The number of imidazole rings is 1. The van der Waals surface area contributed by atoms with E-state index in [1.165, 1.54) is 30.0 Å². The van der Waals surface area contributed by atoms with E-state index in [9.17, 15) is 14.9 Å². The minimum Gasteiger partial charge on any atom is -0.341 e. The molecule has 0 fully saturated rings. The second kappa shape index (κ2) is 6.44. The Morgan fingerprint density at radius 1 is 1.25 bits per heavy atom. The number of hydrogen-bond donors (Lipinski definition) is 2. The summed E-state index contributed by atoms with van der Waals surface area (Å²) in [6.07, 6.45) is 0. The fourth-order valence-corrected chi connectivity index (χ4v) is 2.94. The van der Waals surface area contributed by atoms with Crippen LogP contribution in [0, 0.1) is 10.1 Å². The zero-order valence-electron chi connectivity index (χ0n) is 13.1. The van der Waals surface area contributed by atoms with Crippen molar-refractivity contribution < 1.29 is 4.92 Å². The molecule has 2 aromatic heterocycles. The Kier molecular flexibility index (Phi) is 4.34. The van der Waals surface area contributed by atoms with Crippen molar-refractivity contribution in [1.29, 1.82) is 0 Å². The Labute approximate surface area is 140 Å². The van der Waals surface area contributed by atoms with Crippen LogP contribution < -0.4 is 5.56 Å². The van der Waals surface area contributed by atoms with Crippen molar-refractivity contribution in [3.8, 4) is 0 Å². The van der Waals surface area contributed by atoms with Crippen molar-refractivity contribution in [2.45, 2.75) is 30.7 Å². The van der Waals surface area contributed by atoms with Gasteiger partial charge in [0.25, 0.3) is 11.2 Å². The lowest BCUT2D eigenvalue weighted by Crippen LogP contribution is -2.10. The number of nitro groups is 1. The summed E-state index contributed by atoms with van der Waals surface area (Å²) in [4.78, 5) is 36.6. The Balaban J connectivity index is 1.81. The lowest BCUT2D eigenvalue weighted by Gasteiger charge is -2.05. The van der Waals surface area contributed by atoms with Crippen LogP contribution in [0.2, 0.25) is 0 Å². The maximum Gasteiger partial charge on any atom is 0.271 e. The van der Waals surface area contributed by atoms with Crippen LogP contribution >= 0.6 is 11.8 Å². The van der Waals surface area contributed by atoms with E-state index < -0.39 is 4.92 Å². The SMILES string of the molecule is CC(C)c1cc(=O)[nH]c(SCc2nc3ccc([N+](=O)[O-])cc3[nH]2)n1. The third-order valence-electron chi connectivity index (χ3n) is 3.40. The monoisotopic (exact) mass is 345 g/mol. The van der Waals surface area contributed by atoms with Crippen LogP contribution in [0.25, 0.3) is 11.0 Å². The van der Waals surface area contributed by atoms with E-state index >= 15 is 0 Å². The Morgan fingerprint density at radius 2 is 2.04 bits per heavy atom. The van der Waals surface area contributed by atoms with Crippen molar-refractivity contribution in [1.82, 2.24) is 19.9 Å². The van der Waals surface area contributed by atoms with Crippen LogP contribution in [-0.4, -0.2) is 24.9 Å². The summed E-state index contributed by atoms with van der Waals surface area (Å²) in [5, 5.41) is 11.3. The highest BCUT2D eigenvalue weighted by molar-refractivity contribution is 7.98. The van der Waals surface area contributed by atoms with Crippen LogP contribution in [0.4, 0.5) is 5.69 Å². The first-order chi connectivity index (χ1) is 11.4. The third-order valence-corrected chi connectivity index (χ3v) is 4.29. The van der Waals surface area contributed by atoms with Crippen molar-refractivity contribution >= 4 is 28.5 Å². The van der Waals surface area contributed by atoms with Gasteiger partial charge in [0.15, 0.2) is 5.16 Å². The molecule has 0 bridgehead atoms. The number of non-ortho nitro benzene ring substituents is 1. The largest absolute Gasteiger partial charge is 0.341 e. The molecular formula is C15H15N5O3S. The lowest BCUT2D eigenvalue weighted by molar-refractivity contribution is -0.384. The number of aromatic amines is 2. The smallest absolute Gasteiger partial charge is 0.271 e. The van der Waals surface area contributed by atoms with Gasteiger partial charge in [0, 0.05) is 18.2 Å². The molecule has 3 rings (SSSR count). The molecular weight excluding hydrogens is 330 g/mol. The third kappa shape index (κ3) is 3.46. The summed E-state index contributed by atoms with van der Waals surface area (Å²) >= 11 is 1.35. The van der Waals surface area contributed by atoms with E-state index in [1.54, 1.807) is 6.07 Å². The topological polar surface area (TPSA) is 118 Å². The molecule has 2 heterocycles. The Bertz CT molecular complexity index is 963. The average molecular weight is 345 g/mol. The molecule has 0 aliphatic heterocycles. The number of fused-ring (bicyclic) bond motifs is 1. The molecule has 0 atom stereocenters. The van der Waals surface area contributed by atoms with Gasteiger partial charge >= 0.3 is 0 Å². The van der Waals surface area contributed by atoms with Crippen LogP contribution in [0.1, 0.15) is 31.3 Å². The van der Waals surface area contributed by atoms with Crippen LogP contribution in [-0.2, 0) is 5.75 Å². The molecule has 0 unspecified atom stereocenters. The molecule has 3 aromatic rings. The van der Waals surface area contributed by atoms with Crippen molar-refractivity contribution in [3.63, 3.8) is 0 Å². The van der Waals surface area contributed by atoms with E-state index in [0.717, 1.165) is 5.69 Å². The zero-order valence-corrected chi connectivity index (χ0v) is 13.9. The molecule has 24 heavy (non-hydrogen) atoms. The highest BCUT2D eigenvalue weighted by atomic mass is 32.2. The van der Waals surface area contributed by atoms with Gasteiger partial charge in [-0.3, -0.25) is 14.9 Å². The zero-order chi connectivity index (χ0) is 17.3. The van der Waals surface area contributed by atoms with Crippen molar-refractivity contribution in [2.75, 3.05) is 0 Å². The highest BCUT2D eigenvalue weighted by Crippen LogP contribution is 2.23. The molecule has 0 saturated carbocycles. The fraction of sp³-hybridized carbons (Fsp3) is 0.267. The molecule has 9 heteroatoms. The van der Waals surface area contributed by atoms with E-state index in [1.807, 2.05) is 13.8 Å².